The fraction of sp³-hybridized carbons (Fsp3) is 0.667. The molecule has 0 aliphatic carbocycles. The van der Waals surface area contributed by atoms with Gasteiger partial charge in [-0.2, -0.15) is 0 Å². The van der Waals surface area contributed by atoms with Crippen molar-refractivity contribution >= 4 is 5.82 Å². The lowest BCUT2D eigenvalue weighted by molar-refractivity contribution is 0.693. The van der Waals surface area contributed by atoms with Gasteiger partial charge in [-0.1, -0.05) is 6.92 Å². The highest BCUT2D eigenvalue weighted by Gasteiger charge is 2.21. The maximum Gasteiger partial charge on any atom is 0.147 e. The quantitative estimate of drug-likeness (QED) is 0.836. The summed E-state index contributed by atoms with van der Waals surface area (Å²) in [6.45, 7) is 7.23. The van der Waals surface area contributed by atoms with Crippen molar-refractivity contribution in [1.29, 1.82) is 0 Å². The second-order valence-electron chi connectivity index (χ2n) is 4.33. The number of anilines is 1. The predicted molar refractivity (Wildman–Crippen MR) is 65.5 cm³/mol. The lowest BCUT2D eigenvalue weighted by Gasteiger charge is -2.22. The Morgan fingerprint density at radius 1 is 1.50 bits per heavy atom. The third-order valence-corrected chi connectivity index (χ3v) is 3.08. The molecule has 0 radical (unpaired) electrons. The molecule has 1 aliphatic heterocycles. The van der Waals surface area contributed by atoms with Gasteiger partial charge in [0, 0.05) is 25.3 Å². The van der Waals surface area contributed by atoms with Crippen LogP contribution in [0.5, 0.6) is 0 Å². The smallest absolute Gasteiger partial charge is 0.147 e. The molecule has 0 aromatic carbocycles. The molecule has 2 heterocycles. The summed E-state index contributed by atoms with van der Waals surface area (Å²) < 4.78 is 0. The van der Waals surface area contributed by atoms with Gasteiger partial charge >= 0.3 is 0 Å². The molecule has 1 aromatic heterocycles. The molecule has 0 spiro atoms. The standard InChI is InChI=1S/C12H20N4/c1-3-13-7-11-8-14-9-12(15-11)16-6-4-5-10(16)2/h8-10,13H,3-7H2,1-2H3. The van der Waals surface area contributed by atoms with E-state index in [1.807, 2.05) is 12.4 Å². The van der Waals surface area contributed by atoms with Crippen LogP contribution < -0.4 is 10.2 Å². The van der Waals surface area contributed by atoms with Gasteiger partial charge in [0.25, 0.3) is 0 Å². The fourth-order valence-electron chi connectivity index (χ4n) is 2.15. The van der Waals surface area contributed by atoms with Gasteiger partial charge in [0.2, 0.25) is 0 Å². The molecule has 1 saturated heterocycles. The molecule has 16 heavy (non-hydrogen) atoms. The Labute approximate surface area is 97.1 Å². The van der Waals surface area contributed by atoms with E-state index >= 15 is 0 Å². The highest BCUT2D eigenvalue weighted by atomic mass is 15.2. The molecular weight excluding hydrogens is 200 g/mol. The highest BCUT2D eigenvalue weighted by Crippen LogP contribution is 2.22. The zero-order valence-corrected chi connectivity index (χ0v) is 10.1. The Bertz CT molecular complexity index is 340. The van der Waals surface area contributed by atoms with Crippen LogP contribution in [0.15, 0.2) is 12.4 Å². The van der Waals surface area contributed by atoms with Gasteiger partial charge in [0.15, 0.2) is 0 Å². The molecule has 0 amide bonds. The molecule has 2 rings (SSSR count). The van der Waals surface area contributed by atoms with E-state index in [1.54, 1.807) is 0 Å². The van der Waals surface area contributed by atoms with Crippen molar-refractivity contribution < 1.29 is 0 Å². The molecular formula is C12H20N4. The first-order chi connectivity index (χ1) is 7.81. The van der Waals surface area contributed by atoms with Gasteiger partial charge in [-0.05, 0) is 26.3 Å². The second kappa shape index (κ2) is 5.25. The van der Waals surface area contributed by atoms with Crippen molar-refractivity contribution in [1.82, 2.24) is 15.3 Å². The van der Waals surface area contributed by atoms with E-state index in [4.69, 9.17) is 0 Å². The Balaban J connectivity index is 2.09. The molecule has 1 N–H and O–H groups in total. The topological polar surface area (TPSA) is 41.1 Å². The minimum atomic E-state index is 0.601. The van der Waals surface area contributed by atoms with Crippen molar-refractivity contribution in [2.75, 3.05) is 18.0 Å². The maximum atomic E-state index is 4.64. The number of nitrogens with one attached hydrogen (secondary N) is 1. The van der Waals surface area contributed by atoms with Crippen LogP contribution in [0.3, 0.4) is 0 Å². The van der Waals surface area contributed by atoms with E-state index in [-0.39, 0.29) is 0 Å². The van der Waals surface area contributed by atoms with E-state index in [0.29, 0.717) is 6.04 Å². The minimum absolute atomic E-state index is 0.601. The zero-order chi connectivity index (χ0) is 11.4. The van der Waals surface area contributed by atoms with Gasteiger partial charge in [-0.25, -0.2) is 4.98 Å². The number of rotatable bonds is 4. The zero-order valence-electron chi connectivity index (χ0n) is 10.1. The van der Waals surface area contributed by atoms with E-state index in [1.165, 1.54) is 12.8 Å². The number of aromatic nitrogens is 2. The number of hydrogen-bond donors (Lipinski definition) is 1. The summed E-state index contributed by atoms with van der Waals surface area (Å²) in [4.78, 5) is 11.3. The third-order valence-electron chi connectivity index (χ3n) is 3.08. The minimum Gasteiger partial charge on any atom is -0.353 e. The van der Waals surface area contributed by atoms with E-state index < -0.39 is 0 Å². The monoisotopic (exact) mass is 220 g/mol. The van der Waals surface area contributed by atoms with Gasteiger partial charge < -0.3 is 10.2 Å². The first-order valence-corrected chi connectivity index (χ1v) is 6.09. The maximum absolute atomic E-state index is 4.64. The van der Waals surface area contributed by atoms with Crippen LogP contribution in [0, 0.1) is 0 Å². The summed E-state index contributed by atoms with van der Waals surface area (Å²) in [6, 6.07) is 0.601. The lowest BCUT2D eigenvalue weighted by Crippen LogP contribution is -2.27. The van der Waals surface area contributed by atoms with Crippen molar-refractivity contribution in [3.05, 3.63) is 18.1 Å². The average Bonchev–Trinajstić information content (AvgIpc) is 2.73. The molecule has 0 bridgehead atoms. The van der Waals surface area contributed by atoms with Crippen LogP contribution in [0.2, 0.25) is 0 Å². The highest BCUT2D eigenvalue weighted by molar-refractivity contribution is 5.38. The van der Waals surface area contributed by atoms with Gasteiger partial charge in [0.05, 0.1) is 11.9 Å². The molecule has 1 fully saturated rings. The van der Waals surface area contributed by atoms with Gasteiger partial charge in [-0.3, -0.25) is 4.98 Å². The van der Waals surface area contributed by atoms with Crippen LogP contribution in [-0.2, 0) is 6.54 Å². The third kappa shape index (κ3) is 2.50. The first kappa shape index (κ1) is 11.3. The molecule has 1 aromatic rings. The SMILES string of the molecule is CCNCc1cncc(N2CCCC2C)n1. The molecule has 1 atom stereocenters. The summed E-state index contributed by atoms with van der Waals surface area (Å²) in [6.07, 6.45) is 6.24. The van der Waals surface area contributed by atoms with E-state index in [0.717, 1.165) is 31.1 Å². The van der Waals surface area contributed by atoms with Crippen LogP contribution >= 0.6 is 0 Å². The van der Waals surface area contributed by atoms with Crippen LogP contribution in [-0.4, -0.2) is 29.1 Å². The van der Waals surface area contributed by atoms with Crippen LogP contribution in [0.4, 0.5) is 5.82 Å². The average molecular weight is 220 g/mol. The Kier molecular flexibility index (Phi) is 3.72. The van der Waals surface area contributed by atoms with Gasteiger partial charge in [-0.15, -0.1) is 0 Å². The largest absolute Gasteiger partial charge is 0.353 e. The van der Waals surface area contributed by atoms with Crippen molar-refractivity contribution in [2.45, 2.75) is 39.3 Å². The summed E-state index contributed by atoms with van der Waals surface area (Å²) in [5.41, 5.74) is 1.03. The molecule has 1 unspecified atom stereocenters. The Morgan fingerprint density at radius 3 is 3.06 bits per heavy atom. The van der Waals surface area contributed by atoms with Gasteiger partial charge in [0.1, 0.15) is 5.82 Å². The summed E-state index contributed by atoms with van der Waals surface area (Å²) in [7, 11) is 0. The van der Waals surface area contributed by atoms with Crippen LogP contribution in [0.1, 0.15) is 32.4 Å². The van der Waals surface area contributed by atoms with E-state index in [2.05, 4.69) is 34.0 Å². The molecule has 88 valence electrons. The van der Waals surface area contributed by atoms with Crippen molar-refractivity contribution in [3.63, 3.8) is 0 Å². The Morgan fingerprint density at radius 2 is 2.38 bits per heavy atom. The summed E-state index contributed by atoms with van der Waals surface area (Å²) in [5, 5.41) is 3.27. The second-order valence-corrected chi connectivity index (χ2v) is 4.33. The van der Waals surface area contributed by atoms with Crippen LogP contribution in [0.25, 0.3) is 0 Å². The lowest BCUT2D eigenvalue weighted by atomic mass is 10.2. The fourth-order valence-corrected chi connectivity index (χ4v) is 2.15. The first-order valence-electron chi connectivity index (χ1n) is 6.09. The molecule has 0 saturated carbocycles. The normalized spacial score (nSPS) is 20.4. The number of nitrogens with zero attached hydrogens (tertiary/aromatic N) is 3. The van der Waals surface area contributed by atoms with Crippen molar-refractivity contribution in [2.24, 2.45) is 0 Å². The Hall–Kier alpha value is -1.16. The summed E-state index contributed by atoms with van der Waals surface area (Å²) in [5.74, 6) is 1.03. The molecule has 1 aliphatic rings. The summed E-state index contributed by atoms with van der Waals surface area (Å²) >= 11 is 0. The molecule has 4 heteroatoms. The number of hydrogen-bond acceptors (Lipinski definition) is 4. The van der Waals surface area contributed by atoms with E-state index in [9.17, 15) is 0 Å². The van der Waals surface area contributed by atoms with Crippen molar-refractivity contribution in [3.8, 4) is 0 Å². The predicted octanol–water partition coefficient (Wildman–Crippen LogP) is 1.57. The molecule has 4 nitrogen and oxygen atoms in total.